The zero-order valence-electron chi connectivity index (χ0n) is 10.7. The Kier molecular flexibility index (Phi) is 4.89. The molecule has 21 heavy (non-hydrogen) atoms. The molecule has 0 saturated heterocycles. The van der Waals surface area contributed by atoms with E-state index in [-0.39, 0.29) is 15.5 Å². The molecule has 0 saturated carbocycles. The molecule has 5 nitrogen and oxygen atoms in total. The Labute approximate surface area is 126 Å². The van der Waals surface area contributed by atoms with Crippen molar-refractivity contribution >= 4 is 21.6 Å². The lowest BCUT2D eigenvalue weighted by atomic mass is 10.1. The third kappa shape index (κ3) is 3.76. The fourth-order valence-electron chi connectivity index (χ4n) is 1.75. The quantitative estimate of drug-likeness (QED) is 0.877. The molecule has 2 aromatic rings. The minimum atomic E-state index is -3.98. The second kappa shape index (κ2) is 6.48. The van der Waals surface area contributed by atoms with Crippen LogP contribution in [0.15, 0.2) is 47.6 Å². The number of aliphatic hydroxyl groups excluding tert-OH is 1. The van der Waals surface area contributed by atoms with Crippen molar-refractivity contribution in [2.45, 2.75) is 10.9 Å². The number of pyridine rings is 1. The van der Waals surface area contributed by atoms with Crippen LogP contribution in [-0.2, 0) is 10.0 Å². The van der Waals surface area contributed by atoms with Crippen LogP contribution < -0.4 is 4.72 Å². The van der Waals surface area contributed by atoms with Crippen LogP contribution in [0.3, 0.4) is 0 Å². The van der Waals surface area contributed by atoms with Crippen molar-refractivity contribution in [3.05, 3.63) is 59.1 Å². The molecule has 1 atom stereocenters. The number of hydrogen-bond donors (Lipinski definition) is 2. The first-order valence-electron chi connectivity index (χ1n) is 5.92. The maximum Gasteiger partial charge on any atom is 0.242 e. The van der Waals surface area contributed by atoms with Crippen LogP contribution in [0.1, 0.15) is 11.6 Å². The third-order valence-corrected chi connectivity index (χ3v) is 4.40. The van der Waals surface area contributed by atoms with E-state index in [4.69, 9.17) is 11.6 Å². The molecule has 1 aromatic carbocycles. The summed E-state index contributed by atoms with van der Waals surface area (Å²) in [5.41, 5.74) is 0.0542. The molecule has 2 N–H and O–H groups in total. The van der Waals surface area contributed by atoms with Crippen LogP contribution in [0.5, 0.6) is 0 Å². The molecule has 0 amide bonds. The topological polar surface area (TPSA) is 79.3 Å². The predicted molar refractivity (Wildman–Crippen MR) is 75.8 cm³/mol. The van der Waals surface area contributed by atoms with E-state index in [2.05, 4.69) is 9.71 Å². The number of nitrogens with zero attached hydrogens (tertiary/aromatic N) is 1. The second-order valence-corrected chi connectivity index (χ2v) is 6.37. The molecule has 0 aliphatic heterocycles. The fraction of sp³-hybridized carbons (Fsp3) is 0.154. The second-order valence-electron chi connectivity index (χ2n) is 4.22. The molecule has 0 spiro atoms. The van der Waals surface area contributed by atoms with Crippen LogP contribution >= 0.6 is 11.6 Å². The summed E-state index contributed by atoms with van der Waals surface area (Å²) in [6.07, 6.45) is 2.41. The molecule has 0 aliphatic rings. The SMILES string of the molecule is O=S(=O)(NC(CO)c1ccccc1F)c1cncc(Cl)c1. The smallest absolute Gasteiger partial charge is 0.242 e. The van der Waals surface area contributed by atoms with Gasteiger partial charge in [-0.25, -0.2) is 17.5 Å². The van der Waals surface area contributed by atoms with E-state index in [9.17, 15) is 17.9 Å². The Balaban J connectivity index is 2.32. The van der Waals surface area contributed by atoms with Gasteiger partial charge >= 0.3 is 0 Å². The molecule has 2 rings (SSSR count). The third-order valence-electron chi connectivity index (χ3n) is 2.75. The number of hydrogen-bond acceptors (Lipinski definition) is 4. The highest BCUT2D eigenvalue weighted by atomic mass is 35.5. The van der Waals surface area contributed by atoms with Crippen molar-refractivity contribution in [2.24, 2.45) is 0 Å². The molecule has 1 aromatic heterocycles. The molecule has 112 valence electrons. The van der Waals surface area contributed by atoms with Gasteiger partial charge in [-0.05, 0) is 12.1 Å². The van der Waals surface area contributed by atoms with Gasteiger partial charge in [0.2, 0.25) is 10.0 Å². The number of halogens is 2. The van der Waals surface area contributed by atoms with E-state index in [0.717, 1.165) is 6.20 Å². The van der Waals surface area contributed by atoms with Gasteiger partial charge in [0, 0.05) is 18.0 Å². The van der Waals surface area contributed by atoms with Gasteiger partial charge in [-0.2, -0.15) is 0 Å². The lowest BCUT2D eigenvalue weighted by Crippen LogP contribution is -2.31. The summed E-state index contributed by atoms with van der Waals surface area (Å²) in [7, 11) is -3.98. The molecule has 0 radical (unpaired) electrons. The van der Waals surface area contributed by atoms with Crippen LogP contribution in [-0.4, -0.2) is 25.1 Å². The number of aromatic nitrogens is 1. The number of nitrogens with one attached hydrogen (secondary N) is 1. The van der Waals surface area contributed by atoms with E-state index in [1.54, 1.807) is 6.07 Å². The summed E-state index contributed by atoms with van der Waals surface area (Å²) < 4.78 is 40.3. The largest absolute Gasteiger partial charge is 0.394 e. The van der Waals surface area contributed by atoms with Crippen LogP contribution in [0, 0.1) is 5.82 Å². The Morgan fingerprint density at radius 3 is 2.67 bits per heavy atom. The van der Waals surface area contributed by atoms with Gasteiger partial charge in [-0.3, -0.25) is 4.98 Å². The Bertz CT molecular complexity index is 740. The first-order valence-corrected chi connectivity index (χ1v) is 7.78. The van der Waals surface area contributed by atoms with Crippen molar-refractivity contribution in [3.8, 4) is 0 Å². The molecular formula is C13H12ClFN2O3S. The first-order chi connectivity index (χ1) is 9.94. The summed E-state index contributed by atoms with van der Waals surface area (Å²) in [5, 5.41) is 9.49. The average Bonchev–Trinajstić information content (AvgIpc) is 2.45. The Morgan fingerprint density at radius 1 is 1.33 bits per heavy atom. The summed E-state index contributed by atoms with van der Waals surface area (Å²) in [6, 6.07) is 5.73. The Morgan fingerprint density at radius 2 is 2.05 bits per heavy atom. The molecule has 0 aliphatic carbocycles. The van der Waals surface area contributed by atoms with Gasteiger partial charge < -0.3 is 5.11 Å². The molecule has 1 heterocycles. The van der Waals surface area contributed by atoms with Gasteiger partial charge in [-0.15, -0.1) is 0 Å². The van der Waals surface area contributed by atoms with Gasteiger partial charge in [-0.1, -0.05) is 29.8 Å². The summed E-state index contributed by atoms with van der Waals surface area (Å²) in [5.74, 6) is -0.608. The van der Waals surface area contributed by atoms with Crippen LogP contribution in [0.2, 0.25) is 5.02 Å². The maximum absolute atomic E-state index is 13.7. The average molecular weight is 331 g/mol. The minimum absolute atomic E-state index is 0.0542. The van der Waals surface area contributed by atoms with E-state index >= 15 is 0 Å². The fourth-order valence-corrected chi connectivity index (χ4v) is 3.18. The summed E-state index contributed by atoms with van der Waals surface area (Å²) in [6.45, 7) is -0.589. The van der Waals surface area contributed by atoms with Crippen LogP contribution in [0.4, 0.5) is 4.39 Å². The van der Waals surface area contributed by atoms with E-state index < -0.39 is 28.5 Å². The highest BCUT2D eigenvalue weighted by Crippen LogP contribution is 2.20. The van der Waals surface area contributed by atoms with E-state index in [1.807, 2.05) is 0 Å². The summed E-state index contributed by atoms with van der Waals surface area (Å²) >= 11 is 5.70. The predicted octanol–water partition coefficient (Wildman–Crippen LogP) is 1.89. The van der Waals surface area contributed by atoms with Crippen molar-refractivity contribution in [2.75, 3.05) is 6.61 Å². The Hall–Kier alpha value is -1.54. The minimum Gasteiger partial charge on any atom is -0.394 e. The zero-order valence-corrected chi connectivity index (χ0v) is 12.3. The molecular weight excluding hydrogens is 319 g/mol. The van der Waals surface area contributed by atoms with Crippen molar-refractivity contribution in [3.63, 3.8) is 0 Å². The molecule has 8 heteroatoms. The van der Waals surface area contributed by atoms with Gasteiger partial charge in [0.25, 0.3) is 0 Å². The number of sulfonamides is 1. The lowest BCUT2D eigenvalue weighted by molar-refractivity contribution is 0.256. The number of benzene rings is 1. The zero-order chi connectivity index (χ0) is 15.5. The van der Waals surface area contributed by atoms with Gasteiger partial charge in [0.15, 0.2) is 0 Å². The highest BCUT2D eigenvalue weighted by molar-refractivity contribution is 7.89. The van der Waals surface area contributed by atoms with Gasteiger partial charge in [0.1, 0.15) is 10.7 Å². The monoisotopic (exact) mass is 330 g/mol. The maximum atomic E-state index is 13.7. The number of aliphatic hydroxyl groups is 1. The van der Waals surface area contributed by atoms with Crippen molar-refractivity contribution in [1.82, 2.24) is 9.71 Å². The highest BCUT2D eigenvalue weighted by Gasteiger charge is 2.23. The molecule has 0 bridgehead atoms. The first kappa shape index (κ1) is 15.8. The van der Waals surface area contributed by atoms with Crippen LogP contribution in [0.25, 0.3) is 0 Å². The number of rotatable bonds is 5. The standard InChI is InChI=1S/C13H12ClFN2O3S/c14-9-5-10(7-16-6-9)21(19,20)17-13(8-18)11-3-1-2-4-12(11)15/h1-7,13,17-18H,8H2. The molecule has 1 unspecified atom stereocenters. The lowest BCUT2D eigenvalue weighted by Gasteiger charge is -2.17. The van der Waals surface area contributed by atoms with Crippen molar-refractivity contribution < 1.29 is 17.9 Å². The van der Waals surface area contributed by atoms with E-state index in [0.29, 0.717) is 0 Å². The van der Waals surface area contributed by atoms with Gasteiger partial charge in [0.05, 0.1) is 17.7 Å². The van der Waals surface area contributed by atoms with E-state index in [1.165, 1.54) is 30.5 Å². The summed E-state index contributed by atoms with van der Waals surface area (Å²) in [4.78, 5) is 3.52. The van der Waals surface area contributed by atoms with Crippen molar-refractivity contribution in [1.29, 1.82) is 0 Å². The normalized spacial score (nSPS) is 13.1. The molecule has 0 fully saturated rings.